The summed E-state index contributed by atoms with van der Waals surface area (Å²) in [6, 6.07) is 17.3. The Morgan fingerprint density at radius 3 is 2.62 bits per heavy atom. The highest BCUT2D eigenvalue weighted by atomic mass is 32.1. The summed E-state index contributed by atoms with van der Waals surface area (Å²) in [5.41, 5.74) is 3.80. The van der Waals surface area contributed by atoms with Crippen molar-refractivity contribution in [1.29, 1.82) is 0 Å². The van der Waals surface area contributed by atoms with Gasteiger partial charge in [-0.2, -0.15) is 0 Å². The number of aliphatic hydroxyl groups is 1. The largest absolute Gasteiger partial charge is 0.396 e. The van der Waals surface area contributed by atoms with E-state index >= 15 is 0 Å². The summed E-state index contributed by atoms with van der Waals surface area (Å²) in [6.07, 6.45) is 2.08. The Morgan fingerprint density at radius 1 is 1.16 bits per heavy atom. The fraction of sp³-hybridized carbons (Fsp3) is 0.240. The molecule has 0 aliphatic carbocycles. The summed E-state index contributed by atoms with van der Waals surface area (Å²) < 4.78 is 1.50. The molecule has 1 amide bonds. The molecule has 2 N–H and O–H groups in total. The van der Waals surface area contributed by atoms with Gasteiger partial charge in [-0.15, -0.1) is 11.3 Å². The standard InChI is InChI=1S/C25H25N3O3S/c1-17-7-9-18(10-8-17)20-15-32-24-23(20)25(31)28(16-26-24)13-11-22(30)27-21(12-14-29)19-5-3-2-4-6-19/h2-10,15-16,21,29H,11-14H2,1H3,(H,27,30)/t21-/m0/s1. The van der Waals surface area contributed by atoms with Crippen LogP contribution in [0.4, 0.5) is 0 Å². The van der Waals surface area contributed by atoms with Gasteiger partial charge < -0.3 is 10.4 Å². The minimum atomic E-state index is -0.268. The van der Waals surface area contributed by atoms with E-state index in [1.807, 2.05) is 66.9 Å². The van der Waals surface area contributed by atoms with Crippen LogP contribution in [0.2, 0.25) is 0 Å². The van der Waals surface area contributed by atoms with Gasteiger partial charge in [0.05, 0.1) is 17.8 Å². The number of carbonyl (C=O) groups excluding carboxylic acids is 1. The first-order chi connectivity index (χ1) is 15.6. The molecular weight excluding hydrogens is 422 g/mol. The van der Waals surface area contributed by atoms with E-state index in [4.69, 9.17) is 0 Å². The lowest BCUT2D eigenvalue weighted by Gasteiger charge is -2.18. The van der Waals surface area contributed by atoms with Crippen molar-refractivity contribution in [2.75, 3.05) is 6.61 Å². The summed E-state index contributed by atoms with van der Waals surface area (Å²) in [4.78, 5) is 30.9. The average molecular weight is 448 g/mol. The monoisotopic (exact) mass is 447 g/mol. The SMILES string of the molecule is Cc1ccc(-c2csc3ncn(CCC(=O)N[C@@H](CCO)c4ccccc4)c(=O)c23)cc1. The maximum Gasteiger partial charge on any atom is 0.262 e. The summed E-state index contributed by atoms with van der Waals surface area (Å²) >= 11 is 1.44. The number of carbonyl (C=O) groups is 1. The van der Waals surface area contributed by atoms with Gasteiger partial charge in [0.25, 0.3) is 5.56 Å². The second-order valence-electron chi connectivity index (χ2n) is 7.73. The molecule has 0 aliphatic rings. The van der Waals surface area contributed by atoms with E-state index in [2.05, 4.69) is 10.3 Å². The number of nitrogens with zero attached hydrogens (tertiary/aromatic N) is 2. The zero-order chi connectivity index (χ0) is 22.5. The number of hydrogen-bond acceptors (Lipinski definition) is 5. The van der Waals surface area contributed by atoms with Crippen LogP contribution in [0.3, 0.4) is 0 Å². The van der Waals surface area contributed by atoms with Crippen LogP contribution in [0.5, 0.6) is 0 Å². The molecule has 1 atom stereocenters. The van der Waals surface area contributed by atoms with Crippen LogP contribution in [-0.2, 0) is 11.3 Å². The van der Waals surface area contributed by atoms with Crippen LogP contribution in [-0.4, -0.2) is 27.2 Å². The van der Waals surface area contributed by atoms with Gasteiger partial charge in [-0.25, -0.2) is 4.98 Å². The highest BCUT2D eigenvalue weighted by Crippen LogP contribution is 2.30. The predicted molar refractivity (Wildman–Crippen MR) is 128 cm³/mol. The Hall–Kier alpha value is -3.29. The van der Waals surface area contributed by atoms with Crippen LogP contribution in [0, 0.1) is 6.92 Å². The third-order valence-corrected chi connectivity index (χ3v) is 6.34. The predicted octanol–water partition coefficient (Wildman–Crippen LogP) is 4.06. The fourth-order valence-electron chi connectivity index (χ4n) is 3.70. The molecule has 4 rings (SSSR count). The molecule has 0 radical (unpaired) electrons. The second kappa shape index (κ2) is 9.89. The minimum absolute atomic E-state index is 0.0279. The van der Waals surface area contributed by atoms with E-state index in [1.54, 1.807) is 0 Å². The first kappa shape index (κ1) is 21.9. The Labute approximate surface area is 190 Å². The lowest BCUT2D eigenvalue weighted by Crippen LogP contribution is -2.31. The lowest BCUT2D eigenvalue weighted by molar-refractivity contribution is -0.122. The minimum Gasteiger partial charge on any atom is -0.396 e. The average Bonchev–Trinajstić information content (AvgIpc) is 3.24. The maximum atomic E-state index is 13.2. The molecule has 0 bridgehead atoms. The molecule has 6 nitrogen and oxygen atoms in total. The molecular formula is C25H25N3O3S. The van der Waals surface area contributed by atoms with Crippen LogP contribution < -0.4 is 10.9 Å². The molecule has 0 aliphatic heterocycles. The van der Waals surface area contributed by atoms with Crippen molar-refractivity contribution in [1.82, 2.24) is 14.9 Å². The molecule has 7 heteroatoms. The first-order valence-corrected chi connectivity index (χ1v) is 11.4. The highest BCUT2D eigenvalue weighted by molar-refractivity contribution is 7.17. The molecule has 2 aromatic carbocycles. The number of hydrogen-bond donors (Lipinski definition) is 2. The first-order valence-electron chi connectivity index (χ1n) is 10.6. The molecule has 0 fully saturated rings. The molecule has 0 unspecified atom stereocenters. The van der Waals surface area contributed by atoms with E-state index < -0.39 is 0 Å². The zero-order valence-electron chi connectivity index (χ0n) is 17.8. The van der Waals surface area contributed by atoms with E-state index in [1.165, 1.54) is 22.2 Å². The van der Waals surface area contributed by atoms with Crippen molar-refractivity contribution in [3.63, 3.8) is 0 Å². The van der Waals surface area contributed by atoms with E-state index in [0.717, 1.165) is 22.3 Å². The fourth-order valence-corrected chi connectivity index (χ4v) is 4.60. The van der Waals surface area contributed by atoms with E-state index in [0.29, 0.717) is 16.6 Å². The third-order valence-electron chi connectivity index (χ3n) is 5.46. The van der Waals surface area contributed by atoms with Crippen molar-refractivity contribution in [3.8, 4) is 11.1 Å². The van der Waals surface area contributed by atoms with Crippen LogP contribution in [0.1, 0.15) is 30.0 Å². The van der Waals surface area contributed by atoms with Crippen LogP contribution >= 0.6 is 11.3 Å². The van der Waals surface area contributed by atoms with Crippen molar-refractivity contribution >= 4 is 27.5 Å². The number of amides is 1. The number of nitrogens with one attached hydrogen (secondary N) is 1. The quantitative estimate of drug-likeness (QED) is 0.427. The van der Waals surface area contributed by atoms with Gasteiger partial charge >= 0.3 is 0 Å². The normalized spacial score (nSPS) is 12.1. The number of aliphatic hydroxyl groups excluding tert-OH is 1. The zero-order valence-corrected chi connectivity index (χ0v) is 18.6. The van der Waals surface area contributed by atoms with Crippen molar-refractivity contribution in [2.24, 2.45) is 0 Å². The Morgan fingerprint density at radius 2 is 1.91 bits per heavy atom. The van der Waals surface area contributed by atoms with E-state index in [9.17, 15) is 14.7 Å². The second-order valence-corrected chi connectivity index (χ2v) is 8.59. The third kappa shape index (κ3) is 4.79. The molecule has 0 saturated carbocycles. The number of rotatable bonds is 8. The number of fused-ring (bicyclic) bond motifs is 1. The molecule has 164 valence electrons. The van der Waals surface area contributed by atoms with E-state index in [-0.39, 0.29) is 37.1 Å². The van der Waals surface area contributed by atoms with Crippen LogP contribution in [0.15, 0.2) is 71.1 Å². The van der Waals surface area contributed by atoms with Crippen molar-refractivity contribution in [3.05, 3.63) is 87.8 Å². The number of aromatic nitrogens is 2. The lowest BCUT2D eigenvalue weighted by atomic mass is 10.0. The molecule has 4 aromatic rings. The summed E-state index contributed by atoms with van der Waals surface area (Å²) in [7, 11) is 0. The smallest absolute Gasteiger partial charge is 0.262 e. The maximum absolute atomic E-state index is 13.2. The van der Waals surface area contributed by atoms with Gasteiger partial charge in [0.15, 0.2) is 0 Å². The summed E-state index contributed by atoms with van der Waals surface area (Å²) in [6.45, 7) is 2.23. The molecule has 0 saturated heterocycles. The van der Waals surface area contributed by atoms with Crippen LogP contribution in [0.25, 0.3) is 21.3 Å². The number of benzene rings is 2. The molecule has 2 aromatic heterocycles. The topological polar surface area (TPSA) is 84.2 Å². The van der Waals surface area contributed by atoms with Gasteiger partial charge in [-0.1, -0.05) is 60.2 Å². The van der Waals surface area contributed by atoms with Gasteiger partial charge in [-0.3, -0.25) is 14.2 Å². The van der Waals surface area contributed by atoms with Crippen molar-refractivity contribution in [2.45, 2.75) is 32.4 Å². The summed E-state index contributed by atoms with van der Waals surface area (Å²) in [5, 5.41) is 14.9. The van der Waals surface area contributed by atoms with Crippen molar-refractivity contribution < 1.29 is 9.90 Å². The number of thiophene rings is 1. The summed E-state index contributed by atoms with van der Waals surface area (Å²) in [5.74, 6) is -0.177. The Kier molecular flexibility index (Phi) is 6.78. The number of aryl methyl sites for hydroxylation is 2. The highest BCUT2D eigenvalue weighted by Gasteiger charge is 2.16. The van der Waals surface area contributed by atoms with Gasteiger partial charge in [0, 0.05) is 30.5 Å². The van der Waals surface area contributed by atoms with Gasteiger partial charge in [0.2, 0.25) is 5.91 Å². The molecule has 0 spiro atoms. The van der Waals surface area contributed by atoms with Gasteiger partial charge in [0.1, 0.15) is 4.83 Å². The Bertz CT molecular complexity index is 1260. The molecule has 32 heavy (non-hydrogen) atoms. The Balaban J connectivity index is 1.51. The van der Waals surface area contributed by atoms with Gasteiger partial charge in [-0.05, 0) is 24.5 Å². The molecule has 2 heterocycles.